The summed E-state index contributed by atoms with van der Waals surface area (Å²) in [5, 5.41) is 5.81. The highest BCUT2D eigenvalue weighted by molar-refractivity contribution is 5.88. The molecule has 0 radical (unpaired) electrons. The standard InChI is InChI=1S/C18H24N2O2/c21-17(20-14-9-5-2-6-10-14)12-19-18(22)16-11-15(16)13-7-3-1-4-8-13/h1,3-4,7-8,14-16H,2,5-6,9-12H2,(H,19,22)(H,20,21). The van der Waals surface area contributed by atoms with Gasteiger partial charge in [-0.05, 0) is 30.7 Å². The minimum Gasteiger partial charge on any atom is -0.352 e. The van der Waals surface area contributed by atoms with Crippen molar-refractivity contribution in [3.8, 4) is 0 Å². The number of hydrogen-bond donors (Lipinski definition) is 2. The largest absolute Gasteiger partial charge is 0.352 e. The van der Waals surface area contributed by atoms with Crippen molar-refractivity contribution in [2.24, 2.45) is 5.92 Å². The molecule has 2 N–H and O–H groups in total. The van der Waals surface area contributed by atoms with Crippen LogP contribution in [-0.2, 0) is 9.59 Å². The third-order valence-electron chi connectivity index (χ3n) is 4.75. The van der Waals surface area contributed by atoms with Crippen molar-refractivity contribution >= 4 is 11.8 Å². The molecule has 1 aromatic rings. The van der Waals surface area contributed by atoms with Gasteiger partial charge in [-0.15, -0.1) is 0 Å². The molecule has 118 valence electrons. The second-order valence-electron chi connectivity index (χ2n) is 6.48. The number of carbonyl (C=O) groups is 2. The van der Waals surface area contributed by atoms with E-state index >= 15 is 0 Å². The third-order valence-corrected chi connectivity index (χ3v) is 4.75. The van der Waals surface area contributed by atoms with E-state index in [0.29, 0.717) is 12.0 Å². The van der Waals surface area contributed by atoms with Gasteiger partial charge < -0.3 is 10.6 Å². The minimum atomic E-state index is -0.0582. The predicted octanol–water partition coefficient (Wildman–Crippen LogP) is 2.36. The van der Waals surface area contributed by atoms with Crippen LogP contribution in [-0.4, -0.2) is 24.4 Å². The molecule has 0 bridgehead atoms. The van der Waals surface area contributed by atoms with Gasteiger partial charge >= 0.3 is 0 Å². The Morgan fingerprint density at radius 1 is 1.05 bits per heavy atom. The van der Waals surface area contributed by atoms with Gasteiger partial charge in [0.1, 0.15) is 0 Å². The number of nitrogens with one attached hydrogen (secondary N) is 2. The molecule has 0 heterocycles. The van der Waals surface area contributed by atoms with Crippen LogP contribution in [0.1, 0.15) is 50.0 Å². The average molecular weight is 300 g/mol. The summed E-state index contributed by atoms with van der Waals surface area (Å²) in [5.74, 6) is 0.303. The summed E-state index contributed by atoms with van der Waals surface area (Å²) in [4.78, 5) is 24.0. The molecule has 2 saturated carbocycles. The zero-order valence-corrected chi connectivity index (χ0v) is 12.9. The first-order chi connectivity index (χ1) is 10.7. The second-order valence-corrected chi connectivity index (χ2v) is 6.48. The van der Waals surface area contributed by atoms with Crippen LogP contribution in [0.5, 0.6) is 0 Å². The van der Waals surface area contributed by atoms with Crippen LogP contribution in [0.25, 0.3) is 0 Å². The second kappa shape index (κ2) is 6.95. The first-order valence-electron chi connectivity index (χ1n) is 8.36. The van der Waals surface area contributed by atoms with E-state index in [2.05, 4.69) is 22.8 Å². The lowest BCUT2D eigenvalue weighted by molar-refractivity contribution is -0.127. The molecule has 2 unspecified atom stereocenters. The van der Waals surface area contributed by atoms with Gasteiger partial charge in [-0.25, -0.2) is 0 Å². The lowest BCUT2D eigenvalue weighted by atomic mass is 9.95. The van der Waals surface area contributed by atoms with E-state index in [1.165, 1.54) is 24.8 Å². The van der Waals surface area contributed by atoms with Gasteiger partial charge in [-0.2, -0.15) is 0 Å². The summed E-state index contributed by atoms with van der Waals surface area (Å²) >= 11 is 0. The molecule has 2 atom stereocenters. The lowest BCUT2D eigenvalue weighted by Gasteiger charge is -2.22. The fourth-order valence-electron chi connectivity index (χ4n) is 3.38. The van der Waals surface area contributed by atoms with E-state index in [1.807, 2.05) is 18.2 Å². The molecule has 0 saturated heterocycles. The first-order valence-corrected chi connectivity index (χ1v) is 8.36. The van der Waals surface area contributed by atoms with Crippen molar-refractivity contribution in [3.63, 3.8) is 0 Å². The van der Waals surface area contributed by atoms with E-state index in [1.54, 1.807) is 0 Å². The summed E-state index contributed by atoms with van der Waals surface area (Å²) in [7, 11) is 0. The summed E-state index contributed by atoms with van der Waals surface area (Å²) in [5.41, 5.74) is 1.22. The topological polar surface area (TPSA) is 58.2 Å². The van der Waals surface area contributed by atoms with E-state index in [0.717, 1.165) is 19.3 Å². The van der Waals surface area contributed by atoms with Crippen molar-refractivity contribution in [2.45, 2.75) is 50.5 Å². The molecule has 3 rings (SSSR count). The van der Waals surface area contributed by atoms with Gasteiger partial charge in [0, 0.05) is 12.0 Å². The van der Waals surface area contributed by atoms with Gasteiger partial charge in [-0.1, -0.05) is 49.6 Å². The Kier molecular flexibility index (Phi) is 4.76. The van der Waals surface area contributed by atoms with Gasteiger partial charge in [0.05, 0.1) is 6.54 Å². The molecule has 2 aliphatic carbocycles. The number of carbonyl (C=O) groups excluding carboxylic acids is 2. The smallest absolute Gasteiger partial charge is 0.239 e. The van der Waals surface area contributed by atoms with E-state index in [9.17, 15) is 9.59 Å². The molecular formula is C18H24N2O2. The number of amides is 2. The maximum atomic E-state index is 12.1. The molecule has 2 aliphatic rings. The molecule has 0 aromatic heterocycles. The molecular weight excluding hydrogens is 276 g/mol. The van der Waals surface area contributed by atoms with Crippen LogP contribution >= 0.6 is 0 Å². The molecule has 2 fully saturated rings. The Morgan fingerprint density at radius 2 is 1.77 bits per heavy atom. The van der Waals surface area contributed by atoms with Crippen LogP contribution in [0, 0.1) is 5.92 Å². The highest BCUT2D eigenvalue weighted by Crippen LogP contribution is 2.47. The molecule has 1 aromatic carbocycles. The van der Waals surface area contributed by atoms with Gasteiger partial charge in [0.2, 0.25) is 11.8 Å². The molecule has 22 heavy (non-hydrogen) atoms. The summed E-state index contributed by atoms with van der Waals surface area (Å²) in [6.45, 7) is 0.105. The maximum absolute atomic E-state index is 12.1. The van der Waals surface area contributed by atoms with Crippen molar-refractivity contribution in [2.75, 3.05) is 6.54 Å². The van der Waals surface area contributed by atoms with Gasteiger partial charge in [0.25, 0.3) is 0 Å². The molecule has 0 spiro atoms. The summed E-state index contributed by atoms with van der Waals surface area (Å²) in [6, 6.07) is 10.4. The van der Waals surface area contributed by atoms with Gasteiger partial charge in [-0.3, -0.25) is 9.59 Å². The predicted molar refractivity (Wildman–Crippen MR) is 85.3 cm³/mol. The molecule has 4 nitrogen and oxygen atoms in total. The third kappa shape index (κ3) is 3.87. The Bertz CT molecular complexity index is 523. The maximum Gasteiger partial charge on any atom is 0.239 e. The van der Waals surface area contributed by atoms with Crippen LogP contribution in [0.15, 0.2) is 30.3 Å². The summed E-state index contributed by atoms with van der Waals surface area (Å²) in [6.07, 6.45) is 6.68. The fourth-order valence-corrected chi connectivity index (χ4v) is 3.38. The summed E-state index contributed by atoms with van der Waals surface area (Å²) < 4.78 is 0. The SMILES string of the molecule is O=C(CNC(=O)C1CC1c1ccccc1)NC1CCCCC1. The average Bonchev–Trinajstić information content (AvgIpc) is 3.35. The fraction of sp³-hybridized carbons (Fsp3) is 0.556. The van der Waals surface area contributed by atoms with Crippen molar-refractivity contribution < 1.29 is 9.59 Å². The van der Waals surface area contributed by atoms with Crippen molar-refractivity contribution in [3.05, 3.63) is 35.9 Å². The van der Waals surface area contributed by atoms with Crippen LogP contribution < -0.4 is 10.6 Å². The lowest BCUT2D eigenvalue weighted by Crippen LogP contribution is -2.43. The van der Waals surface area contributed by atoms with E-state index in [4.69, 9.17) is 0 Å². The first kappa shape index (κ1) is 15.1. The molecule has 2 amide bonds. The Labute approximate surface area is 131 Å². The Morgan fingerprint density at radius 3 is 2.50 bits per heavy atom. The van der Waals surface area contributed by atoms with Crippen LogP contribution in [0.3, 0.4) is 0 Å². The minimum absolute atomic E-state index is 0.00708. The normalized spacial score (nSPS) is 24.5. The van der Waals surface area contributed by atoms with Crippen LogP contribution in [0.4, 0.5) is 0 Å². The zero-order valence-electron chi connectivity index (χ0n) is 12.9. The van der Waals surface area contributed by atoms with Crippen molar-refractivity contribution in [1.29, 1.82) is 0 Å². The van der Waals surface area contributed by atoms with E-state index < -0.39 is 0 Å². The molecule has 4 heteroatoms. The van der Waals surface area contributed by atoms with Crippen molar-refractivity contribution in [1.82, 2.24) is 10.6 Å². The molecule has 0 aliphatic heterocycles. The highest BCUT2D eigenvalue weighted by atomic mass is 16.2. The highest BCUT2D eigenvalue weighted by Gasteiger charge is 2.43. The van der Waals surface area contributed by atoms with E-state index in [-0.39, 0.29) is 24.3 Å². The number of rotatable bonds is 5. The Balaban J connectivity index is 1.39. The van der Waals surface area contributed by atoms with Gasteiger partial charge in [0.15, 0.2) is 0 Å². The van der Waals surface area contributed by atoms with Crippen LogP contribution in [0.2, 0.25) is 0 Å². The Hall–Kier alpha value is -1.84. The quantitative estimate of drug-likeness (QED) is 0.877. The monoisotopic (exact) mass is 300 g/mol. The number of benzene rings is 1. The number of hydrogen-bond acceptors (Lipinski definition) is 2. The zero-order chi connectivity index (χ0) is 15.4.